The molecular formula is C7H12ClN5O2S. The highest BCUT2D eigenvalue weighted by molar-refractivity contribution is 7.90. The van der Waals surface area contributed by atoms with Gasteiger partial charge in [-0.05, 0) is 18.5 Å². The molecule has 7 nitrogen and oxygen atoms in total. The summed E-state index contributed by atoms with van der Waals surface area (Å²) in [6.07, 6.45) is 1.15. The van der Waals surface area contributed by atoms with Crippen molar-refractivity contribution in [2.75, 3.05) is 23.1 Å². The van der Waals surface area contributed by atoms with E-state index in [1.807, 2.05) is 0 Å². The van der Waals surface area contributed by atoms with Crippen molar-refractivity contribution in [3.63, 3.8) is 0 Å². The molecule has 16 heavy (non-hydrogen) atoms. The summed E-state index contributed by atoms with van der Waals surface area (Å²) in [5, 5.41) is 2.73. The van der Waals surface area contributed by atoms with Gasteiger partial charge in [-0.25, -0.2) is 8.42 Å². The summed E-state index contributed by atoms with van der Waals surface area (Å²) < 4.78 is 22.0. The van der Waals surface area contributed by atoms with Crippen molar-refractivity contribution in [3.8, 4) is 0 Å². The van der Waals surface area contributed by atoms with E-state index >= 15 is 0 Å². The van der Waals surface area contributed by atoms with Crippen LogP contribution in [0.4, 0.5) is 11.9 Å². The lowest BCUT2D eigenvalue weighted by Crippen LogP contribution is -2.26. The maximum Gasteiger partial charge on any atom is 0.229 e. The van der Waals surface area contributed by atoms with Crippen LogP contribution in [0.25, 0.3) is 0 Å². The lowest BCUT2D eigenvalue weighted by molar-refractivity contribution is 0.597. The van der Waals surface area contributed by atoms with Crippen LogP contribution in [0.2, 0.25) is 5.28 Å². The third kappa shape index (κ3) is 4.58. The Labute approximate surface area is 98.4 Å². The van der Waals surface area contributed by atoms with Crippen LogP contribution in [-0.2, 0) is 9.84 Å². The molecule has 0 spiro atoms. The van der Waals surface area contributed by atoms with Crippen molar-refractivity contribution in [1.29, 1.82) is 0 Å². The van der Waals surface area contributed by atoms with Crippen molar-refractivity contribution in [2.24, 2.45) is 0 Å². The van der Waals surface area contributed by atoms with Crippen LogP contribution in [0.15, 0.2) is 0 Å². The molecule has 0 aliphatic carbocycles. The maximum atomic E-state index is 11.0. The van der Waals surface area contributed by atoms with E-state index < -0.39 is 9.84 Å². The average molecular weight is 266 g/mol. The molecule has 1 atom stereocenters. The van der Waals surface area contributed by atoms with Gasteiger partial charge in [0.15, 0.2) is 0 Å². The summed E-state index contributed by atoms with van der Waals surface area (Å²) in [6, 6.07) is -0.340. The molecule has 0 saturated heterocycles. The topological polar surface area (TPSA) is 111 Å². The number of rotatable bonds is 4. The van der Waals surface area contributed by atoms with E-state index in [0.29, 0.717) is 0 Å². The fourth-order valence-corrected chi connectivity index (χ4v) is 2.30. The number of hydrogen-bond acceptors (Lipinski definition) is 7. The number of anilines is 2. The predicted octanol–water partition coefficient (Wildman–Crippen LogP) is -0.0478. The number of hydrogen-bond donors (Lipinski definition) is 2. The van der Waals surface area contributed by atoms with Crippen molar-refractivity contribution in [2.45, 2.75) is 13.0 Å². The second-order valence-electron chi connectivity index (χ2n) is 3.42. The number of sulfone groups is 1. The minimum absolute atomic E-state index is 0.0194. The van der Waals surface area contributed by atoms with Gasteiger partial charge in [0.05, 0.1) is 5.75 Å². The van der Waals surface area contributed by atoms with E-state index in [-0.39, 0.29) is 29.0 Å². The number of nitrogens with two attached hydrogens (primary N) is 1. The van der Waals surface area contributed by atoms with Crippen LogP contribution in [-0.4, -0.2) is 41.4 Å². The van der Waals surface area contributed by atoms with Crippen LogP contribution in [0.1, 0.15) is 6.92 Å². The highest BCUT2D eigenvalue weighted by Crippen LogP contribution is 2.08. The molecule has 1 aromatic rings. The minimum Gasteiger partial charge on any atom is -0.368 e. The van der Waals surface area contributed by atoms with Crippen LogP contribution >= 0.6 is 11.6 Å². The molecule has 1 rings (SSSR count). The zero-order valence-corrected chi connectivity index (χ0v) is 10.4. The third-order valence-corrected chi connectivity index (χ3v) is 2.83. The largest absolute Gasteiger partial charge is 0.368 e. The quantitative estimate of drug-likeness (QED) is 0.785. The summed E-state index contributed by atoms with van der Waals surface area (Å²) in [4.78, 5) is 11.1. The first kappa shape index (κ1) is 12.9. The van der Waals surface area contributed by atoms with Gasteiger partial charge in [0.2, 0.25) is 17.2 Å². The summed E-state index contributed by atoms with van der Waals surface area (Å²) in [7, 11) is -3.06. The van der Waals surface area contributed by atoms with Crippen LogP contribution in [0, 0.1) is 0 Å². The Hall–Kier alpha value is -1.15. The van der Waals surface area contributed by atoms with Gasteiger partial charge in [-0.3, -0.25) is 0 Å². The van der Waals surface area contributed by atoms with Crippen LogP contribution in [0.5, 0.6) is 0 Å². The Morgan fingerprint density at radius 3 is 2.56 bits per heavy atom. The molecule has 0 aliphatic heterocycles. The zero-order chi connectivity index (χ0) is 12.3. The summed E-state index contributed by atoms with van der Waals surface area (Å²) >= 11 is 5.57. The van der Waals surface area contributed by atoms with Crippen molar-refractivity contribution < 1.29 is 8.42 Å². The Balaban J connectivity index is 2.73. The predicted molar refractivity (Wildman–Crippen MR) is 62.0 cm³/mol. The van der Waals surface area contributed by atoms with Crippen molar-refractivity contribution in [1.82, 2.24) is 15.0 Å². The molecule has 0 aliphatic rings. The normalized spacial score (nSPS) is 13.4. The van der Waals surface area contributed by atoms with Crippen molar-refractivity contribution >= 4 is 33.3 Å². The first-order valence-corrected chi connectivity index (χ1v) is 6.81. The van der Waals surface area contributed by atoms with Crippen molar-refractivity contribution in [3.05, 3.63) is 5.28 Å². The monoisotopic (exact) mass is 265 g/mol. The molecule has 9 heteroatoms. The SMILES string of the molecule is CC(CS(C)(=O)=O)Nc1nc(N)nc(Cl)n1. The molecule has 0 saturated carbocycles. The highest BCUT2D eigenvalue weighted by Gasteiger charge is 2.12. The van der Waals surface area contributed by atoms with E-state index in [2.05, 4.69) is 20.3 Å². The molecule has 0 amide bonds. The molecule has 0 radical (unpaired) electrons. The molecular weight excluding hydrogens is 254 g/mol. The van der Waals surface area contributed by atoms with E-state index in [9.17, 15) is 8.42 Å². The molecule has 1 unspecified atom stereocenters. The van der Waals surface area contributed by atoms with Gasteiger partial charge in [0.25, 0.3) is 0 Å². The Morgan fingerprint density at radius 2 is 2.06 bits per heavy atom. The number of nitrogen functional groups attached to an aromatic ring is 1. The standard InChI is InChI=1S/C7H12ClN5O2S/c1-4(3-16(2,14)15)10-7-12-5(8)11-6(9)13-7/h4H,3H2,1-2H3,(H3,9,10,11,12,13). The van der Waals surface area contributed by atoms with Gasteiger partial charge in [0.1, 0.15) is 9.84 Å². The van der Waals surface area contributed by atoms with Gasteiger partial charge in [0, 0.05) is 12.3 Å². The lowest BCUT2D eigenvalue weighted by Gasteiger charge is -2.12. The van der Waals surface area contributed by atoms with Crippen LogP contribution < -0.4 is 11.1 Å². The molecule has 0 aromatic carbocycles. The van der Waals surface area contributed by atoms with Gasteiger partial charge < -0.3 is 11.1 Å². The number of nitrogens with zero attached hydrogens (tertiary/aromatic N) is 3. The van der Waals surface area contributed by atoms with Crippen LogP contribution in [0.3, 0.4) is 0 Å². The summed E-state index contributed by atoms with van der Waals surface area (Å²) in [6.45, 7) is 1.69. The average Bonchev–Trinajstić information content (AvgIpc) is 1.96. The maximum absolute atomic E-state index is 11.0. The fraction of sp³-hybridized carbons (Fsp3) is 0.571. The molecule has 3 N–H and O–H groups in total. The second-order valence-corrected chi connectivity index (χ2v) is 5.95. The Bertz CT molecular complexity index is 457. The van der Waals surface area contributed by atoms with E-state index in [0.717, 1.165) is 6.26 Å². The summed E-state index contributed by atoms with van der Waals surface area (Å²) in [5.41, 5.74) is 5.36. The first-order chi connectivity index (χ1) is 7.26. The Kier molecular flexibility index (Phi) is 3.87. The third-order valence-electron chi connectivity index (χ3n) is 1.55. The molecule has 0 fully saturated rings. The molecule has 1 heterocycles. The van der Waals surface area contributed by atoms with Gasteiger partial charge >= 0.3 is 0 Å². The van der Waals surface area contributed by atoms with Gasteiger partial charge in [-0.1, -0.05) is 0 Å². The second kappa shape index (κ2) is 4.79. The molecule has 90 valence electrons. The Morgan fingerprint density at radius 1 is 1.44 bits per heavy atom. The van der Waals surface area contributed by atoms with Gasteiger partial charge in [-0.15, -0.1) is 0 Å². The molecule has 0 bridgehead atoms. The lowest BCUT2D eigenvalue weighted by atomic mass is 10.4. The highest BCUT2D eigenvalue weighted by atomic mass is 35.5. The fourth-order valence-electron chi connectivity index (χ4n) is 1.15. The number of aromatic nitrogens is 3. The van der Waals surface area contributed by atoms with Gasteiger partial charge in [-0.2, -0.15) is 15.0 Å². The van der Waals surface area contributed by atoms with E-state index in [1.54, 1.807) is 6.92 Å². The molecule has 1 aromatic heterocycles. The zero-order valence-electron chi connectivity index (χ0n) is 8.81. The van der Waals surface area contributed by atoms with E-state index in [4.69, 9.17) is 17.3 Å². The van der Waals surface area contributed by atoms with E-state index in [1.165, 1.54) is 0 Å². The number of halogens is 1. The summed E-state index contributed by atoms with van der Waals surface area (Å²) in [5.74, 6) is 0.110. The minimum atomic E-state index is -3.06. The number of nitrogens with one attached hydrogen (secondary N) is 1. The first-order valence-electron chi connectivity index (χ1n) is 4.37. The smallest absolute Gasteiger partial charge is 0.229 e.